The molecule has 72 valence electrons. The third-order valence-electron chi connectivity index (χ3n) is 1.46. The Kier molecular flexibility index (Phi) is 1.50. The molecule has 2 aromatic rings. The molecule has 2 aromatic heterocycles. The van der Waals surface area contributed by atoms with Crippen LogP contribution in [-0.2, 0) is 0 Å². The molecule has 2 heterocycles. The highest BCUT2D eigenvalue weighted by atomic mass is 16.3. The number of nitrogens with zero attached hydrogens (tertiary/aromatic N) is 4. The highest BCUT2D eigenvalue weighted by Gasteiger charge is 2.12. The first-order valence-corrected chi connectivity index (χ1v) is 3.43. The lowest BCUT2D eigenvalue weighted by atomic mass is 10.5. The maximum atomic E-state index is 9.16. The Labute approximate surface area is 76.2 Å². The van der Waals surface area contributed by atoms with E-state index in [4.69, 9.17) is 20.4 Å². The quantitative estimate of drug-likeness (QED) is 0.432. The Morgan fingerprint density at radius 1 is 0.643 bits per heavy atom. The van der Waals surface area contributed by atoms with Crippen molar-refractivity contribution >= 4 is 11.2 Å². The van der Waals surface area contributed by atoms with Gasteiger partial charge in [-0.05, 0) is 0 Å². The summed E-state index contributed by atoms with van der Waals surface area (Å²) in [5.74, 6) is -2.12. The standard InChI is InChI=1S/C6H4N4O4/c11-3-1-2(9-6(14)10-3)8-5(13)4(12)7-1/h(H,7,12)(H3,8,9,10,11,13,14). The van der Waals surface area contributed by atoms with Gasteiger partial charge in [0.1, 0.15) is 0 Å². The van der Waals surface area contributed by atoms with Crippen LogP contribution >= 0.6 is 0 Å². The molecule has 0 fully saturated rings. The van der Waals surface area contributed by atoms with Crippen LogP contribution < -0.4 is 0 Å². The highest BCUT2D eigenvalue weighted by Crippen LogP contribution is 2.26. The van der Waals surface area contributed by atoms with Gasteiger partial charge in [-0.2, -0.15) is 19.9 Å². The van der Waals surface area contributed by atoms with E-state index in [9.17, 15) is 0 Å². The van der Waals surface area contributed by atoms with Crippen molar-refractivity contribution in [2.45, 2.75) is 0 Å². The van der Waals surface area contributed by atoms with Gasteiger partial charge in [-0.25, -0.2) is 0 Å². The van der Waals surface area contributed by atoms with Gasteiger partial charge in [0.2, 0.25) is 5.88 Å². The zero-order valence-corrected chi connectivity index (χ0v) is 6.58. The van der Waals surface area contributed by atoms with Gasteiger partial charge in [0.15, 0.2) is 11.2 Å². The summed E-state index contributed by atoms with van der Waals surface area (Å²) in [5, 5.41) is 35.9. The predicted octanol–water partition coefficient (Wildman–Crippen LogP) is -0.758. The molecule has 4 N–H and O–H groups in total. The van der Waals surface area contributed by atoms with Crippen molar-refractivity contribution in [3.63, 3.8) is 0 Å². The molecule has 0 aliphatic rings. The van der Waals surface area contributed by atoms with E-state index in [1.807, 2.05) is 0 Å². The van der Waals surface area contributed by atoms with E-state index in [0.29, 0.717) is 0 Å². The molecule has 0 saturated carbocycles. The monoisotopic (exact) mass is 196 g/mol. The summed E-state index contributed by atoms with van der Waals surface area (Å²) in [7, 11) is 0. The average Bonchev–Trinajstić information content (AvgIpc) is 2.08. The maximum Gasteiger partial charge on any atom is 0.319 e. The third kappa shape index (κ3) is 1.09. The fraction of sp³-hybridized carbons (Fsp3) is 0. The Hall–Kier alpha value is -2.38. The van der Waals surface area contributed by atoms with Crippen molar-refractivity contribution in [2.24, 2.45) is 0 Å². The fourth-order valence-electron chi connectivity index (χ4n) is 0.905. The number of aromatic nitrogens is 4. The lowest BCUT2D eigenvalue weighted by Gasteiger charge is -2.00. The van der Waals surface area contributed by atoms with Crippen molar-refractivity contribution in [1.82, 2.24) is 19.9 Å². The third-order valence-corrected chi connectivity index (χ3v) is 1.46. The van der Waals surface area contributed by atoms with Crippen molar-refractivity contribution < 1.29 is 20.4 Å². The lowest BCUT2D eigenvalue weighted by Crippen LogP contribution is -1.91. The Morgan fingerprint density at radius 2 is 1.29 bits per heavy atom. The minimum Gasteiger partial charge on any atom is -0.492 e. The van der Waals surface area contributed by atoms with Gasteiger partial charge in [0.25, 0.3) is 11.8 Å². The van der Waals surface area contributed by atoms with Crippen LogP contribution in [0.25, 0.3) is 11.2 Å². The number of fused-ring (bicyclic) bond motifs is 1. The smallest absolute Gasteiger partial charge is 0.319 e. The molecule has 0 aliphatic carbocycles. The molecular formula is C6H4N4O4. The number of hydrogen-bond acceptors (Lipinski definition) is 8. The number of hydrogen-bond donors (Lipinski definition) is 4. The normalized spacial score (nSPS) is 10.6. The van der Waals surface area contributed by atoms with E-state index in [-0.39, 0.29) is 11.2 Å². The Balaban J connectivity index is 2.89. The summed E-state index contributed by atoms with van der Waals surface area (Å²) in [6.07, 6.45) is 0. The highest BCUT2D eigenvalue weighted by molar-refractivity contribution is 5.76. The van der Waals surface area contributed by atoms with Crippen LogP contribution in [0.15, 0.2) is 0 Å². The van der Waals surface area contributed by atoms with Crippen molar-refractivity contribution in [3.05, 3.63) is 0 Å². The van der Waals surface area contributed by atoms with Crippen LogP contribution in [0.4, 0.5) is 0 Å². The Bertz CT molecular complexity index is 515. The zero-order chi connectivity index (χ0) is 10.3. The first-order chi connectivity index (χ1) is 6.58. The van der Waals surface area contributed by atoms with Gasteiger partial charge in [0, 0.05) is 0 Å². The lowest BCUT2D eigenvalue weighted by molar-refractivity contribution is 0.373. The molecule has 0 spiro atoms. The van der Waals surface area contributed by atoms with Crippen LogP contribution in [0.1, 0.15) is 0 Å². The molecule has 0 unspecified atom stereocenters. The van der Waals surface area contributed by atoms with E-state index in [1.54, 1.807) is 0 Å². The molecule has 0 aliphatic heterocycles. The molecular weight excluding hydrogens is 192 g/mol. The van der Waals surface area contributed by atoms with E-state index >= 15 is 0 Å². The predicted molar refractivity (Wildman–Crippen MR) is 41.8 cm³/mol. The number of rotatable bonds is 0. The molecule has 0 bridgehead atoms. The molecule has 8 heteroatoms. The summed E-state index contributed by atoms with van der Waals surface area (Å²) in [4.78, 5) is 13.3. The van der Waals surface area contributed by atoms with Gasteiger partial charge < -0.3 is 20.4 Å². The number of aromatic hydroxyl groups is 4. The van der Waals surface area contributed by atoms with Gasteiger partial charge >= 0.3 is 6.01 Å². The van der Waals surface area contributed by atoms with Crippen molar-refractivity contribution in [1.29, 1.82) is 0 Å². The Morgan fingerprint density at radius 3 is 2.00 bits per heavy atom. The van der Waals surface area contributed by atoms with Crippen molar-refractivity contribution in [2.75, 3.05) is 0 Å². The summed E-state index contributed by atoms with van der Waals surface area (Å²) < 4.78 is 0. The maximum absolute atomic E-state index is 9.16. The summed E-state index contributed by atoms with van der Waals surface area (Å²) in [5.41, 5.74) is -0.427. The largest absolute Gasteiger partial charge is 0.492 e. The minimum atomic E-state index is -0.748. The van der Waals surface area contributed by atoms with Gasteiger partial charge in [-0.15, -0.1) is 0 Å². The molecule has 0 radical (unpaired) electrons. The molecule has 0 saturated heterocycles. The molecule has 0 aromatic carbocycles. The summed E-state index contributed by atoms with van der Waals surface area (Å²) >= 11 is 0. The second kappa shape index (κ2) is 2.55. The van der Waals surface area contributed by atoms with Crippen LogP contribution in [0.3, 0.4) is 0 Å². The van der Waals surface area contributed by atoms with E-state index in [2.05, 4.69) is 19.9 Å². The first-order valence-electron chi connectivity index (χ1n) is 3.43. The molecule has 8 nitrogen and oxygen atoms in total. The topological polar surface area (TPSA) is 132 Å². The summed E-state index contributed by atoms with van der Waals surface area (Å²) in [6.45, 7) is 0. The molecule has 0 amide bonds. The summed E-state index contributed by atoms with van der Waals surface area (Å²) in [6, 6.07) is -0.700. The van der Waals surface area contributed by atoms with Gasteiger partial charge in [-0.1, -0.05) is 0 Å². The van der Waals surface area contributed by atoms with E-state index in [1.165, 1.54) is 0 Å². The molecule has 14 heavy (non-hydrogen) atoms. The van der Waals surface area contributed by atoms with Crippen LogP contribution in [0, 0.1) is 0 Å². The first kappa shape index (κ1) is 8.23. The second-order valence-corrected chi connectivity index (χ2v) is 2.39. The van der Waals surface area contributed by atoms with Crippen LogP contribution in [0.2, 0.25) is 0 Å². The molecule has 0 atom stereocenters. The van der Waals surface area contributed by atoms with Gasteiger partial charge in [-0.3, -0.25) is 0 Å². The van der Waals surface area contributed by atoms with E-state index < -0.39 is 23.7 Å². The zero-order valence-electron chi connectivity index (χ0n) is 6.58. The molecule has 2 rings (SSSR count). The average molecular weight is 196 g/mol. The van der Waals surface area contributed by atoms with Crippen LogP contribution in [-0.4, -0.2) is 40.4 Å². The van der Waals surface area contributed by atoms with Gasteiger partial charge in [0.05, 0.1) is 0 Å². The van der Waals surface area contributed by atoms with E-state index in [0.717, 1.165) is 0 Å². The SMILES string of the molecule is Oc1nc(O)c2nc(O)c(O)nc2n1. The van der Waals surface area contributed by atoms with Crippen LogP contribution in [0.5, 0.6) is 23.7 Å². The second-order valence-electron chi connectivity index (χ2n) is 2.39. The minimum absolute atomic E-state index is 0.210. The fourth-order valence-corrected chi connectivity index (χ4v) is 0.905. The van der Waals surface area contributed by atoms with Crippen molar-refractivity contribution in [3.8, 4) is 23.7 Å².